The molecule has 1 N–H and O–H groups in total. The van der Waals surface area contributed by atoms with E-state index in [1.807, 2.05) is 31.2 Å². The van der Waals surface area contributed by atoms with Crippen molar-refractivity contribution in [1.82, 2.24) is 4.57 Å². The highest BCUT2D eigenvalue weighted by Crippen LogP contribution is 2.26. The third-order valence-electron chi connectivity index (χ3n) is 2.68. The van der Waals surface area contributed by atoms with E-state index in [0.717, 1.165) is 21.3 Å². The number of carboxylic acids is 1. The third-order valence-corrected chi connectivity index (χ3v) is 3.14. The molecule has 0 radical (unpaired) electrons. The fourth-order valence-corrected chi connectivity index (χ4v) is 2.51. The molecule has 0 bridgehead atoms. The van der Waals surface area contributed by atoms with Gasteiger partial charge in [-0.2, -0.15) is 0 Å². The van der Waals surface area contributed by atoms with E-state index in [4.69, 9.17) is 5.11 Å². The van der Waals surface area contributed by atoms with Gasteiger partial charge in [-0.3, -0.25) is 0 Å². The Balaban J connectivity index is 2.57. The van der Waals surface area contributed by atoms with Crippen molar-refractivity contribution in [2.24, 2.45) is 7.05 Å². The maximum Gasteiger partial charge on any atom is 0.352 e. The predicted molar refractivity (Wildman–Crippen MR) is 70.2 cm³/mol. The van der Waals surface area contributed by atoms with Gasteiger partial charge in [0.25, 0.3) is 0 Å². The lowest BCUT2D eigenvalue weighted by molar-refractivity contribution is 0.0687. The van der Waals surface area contributed by atoms with Gasteiger partial charge in [0.15, 0.2) is 0 Å². The minimum atomic E-state index is -0.912. The van der Waals surface area contributed by atoms with Crippen molar-refractivity contribution in [1.29, 1.82) is 0 Å². The summed E-state index contributed by atoms with van der Waals surface area (Å²) in [5.74, 6) is -0.912. The molecule has 0 atom stereocenters. The second-order valence-electron chi connectivity index (χ2n) is 3.99. The molecule has 0 saturated carbocycles. The Morgan fingerprint density at radius 2 is 2.00 bits per heavy atom. The first-order valence-corrected chi connectivity index (χ1v) is 5.95. The Morgan fingerprint density at radius 3 is 2.53 bits per heavy atom. The van der Waals surface area contributed by atoms with E-state index in [1.54, 1.807) is 17.7 Å². The van der Waals surface area contributed by atoms with Crippen LogP contribution in [0.5, 0.6) is 0 Å². The predicted octanol–water partition coefficient (Wildman–Crippen LogP) is 3.46. The van der Waals surface area contributed by atoms with Crippen molar-refractivity contribution in [3.8, 4) is 11.3 Å². The van der Waals surface area contributed by atoms with E-state index in [0.29, 0.717) is 0 Å². The molecule has 4 heteroatoms. The highest BCUT2D eigenvalue weighted by atomic mass is 79.9. The van der Waals surface area contributed by atoms with Gasteiger partial charge in [0.2, 0.25) is 0 Å². The Kier molecular flexibility index (Phi) is 3.07. The number of hydrogen-bond acceptors (Lipinski definition) is 1. The molecule has 0 spiro atoms. The van der Waals surface area contributed by atoms with Crippen LogP contribution < -0.4 is 0 Å². The van der Waals surface area contributed by atoms with Gasteiger partial charge in [-0.05, 0) is 48.4 Å². The maximum absolute atomic E-state index is 11.0. The fraction of sp³-hybridized carbons (Fsp3) is 0.154. The molecular formula is C13H12BrNO2. The Morgan fingerprint density at radius 1 is 1.29 bits per heavy atom. The Hall–Kier alpha value is -1.55. The molecule has 0 fully saturated rings. The van der Waals surface area contributed by atoms with Gasteiger partial charge in [0.05, 0.1) is 0 Å². The lowest BCUT2D eigenvalue weighted by atomic mass is 10.1. The number of hydrogen-bond donors (Lipinski definition) is 1. The smallest absolute Gasteiger partial charge is 0.352 e. The van der Waals surface area contributed by atoms with Crippen molar-refractivity contribution >= 4 is 21.9 Å². The summed E-state index contributed by atoms with van der Waals surface area (Å²) in [5.41, 5.74) is 3.32. The summed E-state index contributed by atoms with van der Waals surface area (Å²) in [5, 5.41) is 9.00. The van der Waals surface area contributed by atoms with Crippen LogP contribution in [-0.4, -0.2) is 15.6 Å². The summed E-state index contributed by atoms with van der Waals surface area (Å²) in [4.78, 5) is 11.0. The van der Waals surface area contributed by atoms with E-state index in [1.165, 1.54) is 0 Å². The summed E-state index contributed by atoms with van der Waals surface area (Å²) >= 11 is 3.44. The minimum absolute atomic E-state index is 0.289. The first-order valence-electron chi connectivity index (χ1n) is 5.15. The van der Waals surface area contributed by atoms with Gasteiger partial charge >= 0.3 is 5.97 Å². The van der Waals surface area contributed by atoms with E-state index < -0.39 is 5.97 Å². The topological polar surface area (TPSA) is 42.2 Å². The molecule has 0 unspecified atom stereocenters. The summed E-state index contributed by atoms with van der Waals surface area (Å²) in [6.45, 7) is 2.01. The van der Waals surface area contributed by atoms with Crippen LogP contribution in [0.2, 0.25) is 0 Å². The maximum atomic E-state index is 11.0. The van der Waals surface area contributed by atoms with Crippen LogP contribution >= 0.6 is 15.9 Å². The first-order chi connectivity index (χ1) is 7.99. The van der Waals surface area contributed by atoms with E-state index in [2.05, 4.69) is 15.9 Å². The largest absolute Gasteiger partial charge is 0.477 e. The van der Waals surface area contributed by atoms with Crippen molar-refractivity contribution in [3.05, 3.63) is 46.1 Å². The number of benzene rings is 1. The van der Waals surface area contributed by atoms with Gasteiger partial charge in [-0.1, -0.05) is 15.9 Å². The molecule has 0 saturated heterocycles. The number of nitrogens with zero attached hydrogens (tertiary/aromatic N) is 1. The standard InChI is InChI=1S/C13H12BrNO2/c1-8-5-9(7-10(14)6-8)11-3-4-12(13(16)17)15(11)2/h3-7H,1-2H3,(H,16,17). The molecule has 1 aromatic heterocycles. The van der Waals surface area contributed by atoms with Crippen molar-refractivity contribution in [2.75, 3.05) is 0 Å². The first kappa shape index (κ1) is 11.9. The van der Waals surface area contributed by atoms with Crippen LogP contribution in [0.1, 0.15) is 16.1 Å². The molecular weight excluding hydrogens is 282 g/mol. The van der Waals surface area contributed by atoms with Crippen LogP contribution in [0.3, 0.4) is 0 Å². The van der Waals surface area contributed by atoms with Crippen molar-refractivity contribution < 1.29 is 9.90 Å². The number of halogens is 1. The number of carbonyl (C=O) groups is 1. The van der Waals surface area contributed by atoms with Gasteiger partial charge < -0.3 is 9.67 Å². The summed E-state index contributed by atoms with van der Waals surface area (Å²) in [6.07, 6.45) is 0. The van der Waals surface area contributed by atoms with Crippen LogP contribution in [0.25, 0.3) is 11.3 Å². The minimum Gasteiger partial charge on any atom is -0.477 e. The number of carboxylic acid groups (broad SMARTS) is 1. The fourth-order valence-electron chi connectivity index (χ4n) is 1.90. The lowest BCUT2D eigenvalue weighted by Crippen LogP contribution is -2.05. The van der Waals surface area contributed by atoms with Crippen molar-refractivity contribution in [2.45, 2.75) is 6.92 Å². The summed E-state index contributed by atoms with van der Waals surface area (Å²) < 4.78 is 2.68. The van der Waals surface area contributed by atoms with E-state index in [-0.39, 0.29) is 5.69 Å². The van der Waals surface area contributed by atoms with Gasteiger partial charge in [-0.25, -0.2) is 4.79 Å². The average molecular weight is 294 g/mol. The van der Waals surface area contributed by atoms with Gasteiger partial charge in [0.1, 0.15) is 5.69 Å². The zero-order chi connectivity index (χ0) is 12.6. The van der Waals surface area contributed by atoms with E-state index >= 15 is 0 Å². The number of aryl methyl sites for hydroxylation is 1. The zero-order valence-corrected chi connectivity index (χ0v) is 11.2. The monoisotopic (exact) mass is 293 g/mol. The molecule has 88 valence electrons. The second kappa shape index (κ2) is 4.37. The van der Waals surface area contributed by atoms with Crippen LogP contribution in [0, 0.1) is 6.92 Å². The number of aromatic nitrogens is 1. The second-order valence-corrected chi connectivity index (χ2v) is 4.90. The lowest BCUT2D eigenvalue weighted by Gasteiger charge is -2.07. The molecule has 2 rings (SSSR count). The Bertz CT molecular complexity index is 567. The van der Waals surface area contributed by atoms with Crippen LogP contribution in [-0.2, 0) is 7.05 Å². The summed E-state index contributed by atoms with van der Waals surface area (Å²) in [6, 6.07) is 9.48. The highest BCUT2D eigenvalue weighted by Gasteiger charge is 2.12. The molecule has 1 aromatic carbocycles. The molecule has 3 nitrogen and oxygen atoms in total. The Labute approximate surface area is 108 Å². The third kappa shape index (κ3) is 2.26. The van der Waals surface area contributed by atoms with Crippen LogP contribution in [0.15, 0.2) is 34.8 Å². The molecule has 0 amide bonds. The SMILES string of the molecule is Cc1cc(Br)cc(-c2ccc(C(=O)O)n2C)c1. The molecule has 0 aliphatic carbocycles. The zero-order valence-electron chi connectivity index (χ0n) is 9.57. The molecule has 17 heavy (non-hydrogen) atoms. The van der Waals surface area contributed by atoms with Gasteiger partial charge in [-0.15, -0.1) is 0 Å². The molecule has 0 aliphatic heterocycles. The van der Waals surface area contributed by atoms with E-state index in [9.17, 15) is 4.79 Å². The quantitative estimate of drug-likeness (QED) is 0.921. The van der Waals surface area contributed by atoms with Crippen LogP contribution in [0.4, 0.5) is 0 Å². The normalized spacial score (nSPS) is 10.5. The average Bonchev–Trinajstić information content (AvgIpc) is 2.58. The number of rotatable bonds is 2. The molecule has 1 heterocycles. The highest BCUT2D eigenvalue weighted by molar-refractivity contribution is 9.10. The van der Waals surface area contributed by atoms with Crippen molar-refractivity contribution in [3.63, 3.8) is 0 Å². The molecule has 2 aromatic rings. The van der Waals surface area contributed by atoms with Gasteiger partial charge in [0, 0.05) is 17.2 Å². The summed E-state index contributed by atoms with van der Waals surface area (Å²) in [7, 11) is 1.76. The number of aromatic carboxylic acids is 1. The molecule has 0 aliphatic rings.